The molecule has 124 valence electrons. The fourth-order valence-corrected chi connectivity index (χ4v) is 2.64. The van der Waals surface area contributed by atoms with Gasteiger partial charge in [-0.3, -0.25) is 9.89 Å². The quantitative estimate of drug-likeness (QED) is 0.585. The Kier molecular flexibility index (Phi) is 3.96. The first-order valence-corrected chi connectivity index (χ1v) is 7.91. The molecule has 7 nitrogen and oxygen atoms in total. The van der Waals surface area contributed by atoms with Gasteiger partial charge in [0.25, 0.3) is 5.56 Å². The highest BCUT2D eigenvalue weighted by Crippen LogP contribution is 2.17. The molecule has 3 aromatic heterocycles. The summed E-state index contributed by atoms with van der Waals surface area (Å²) in [6.45, 7) is 1.21. The summed E-state index contributed by atoms with van der Waals surface area (Å²) >= 11 is 0. The van der Waals surface area contributed by atoms with E-state index in [9.17, 15) is 4.79 Å². The SMILES string of the molecule is O=c1ccccn1Cc1ccc(CNc2ncnc3[nH]ncc23)cc1. The van der Waals surface area contributed by atoms with Crippen LogP contribution in [0.25, 0.3) is 11.0 Å². The molecule has 25 heavy (non-hydrogen) atoms. The third-order valence-corrected chi connectivity index (χ3v) is 3.98. The minimum Gasteiger partial charge on any atom is -0.365 e. The van der Waals surface area contributed by atoms with Crippen LogP contribution >= 0.6 is 0 Å². The maximum Gasteiger partial charge on any atom is 0.250 e. The van der Waals surface area contributed by atoms with Gasteiger partial charge in [0, 0.05) is 18.8 Å². The van der Waals surface area contributed by atoms with Gasteiger partial charge in [0.05, 0.1) is 18.1 Å². The minimum absolute atomic E-state index is 0.00105. The lowest BCUT2D eigenvalue weighted by Crippen LogP contribution is -2.18. The molecule has 0 bridgehead atoms. The van der Waals surface area contributed by atoms with Crippen molar-refractivity contribution in [2.45, 2.75) is 13.1 Å². The first-order chi connectivity index (χ1) is 12.3. The fraction of sp³-hybridized carbons (Fsp3) is 0.111. The van der Waals surface area contributed by atoms with E-state index in [0.717, 1.165) is 22.3 Å². The molecule has 0 saturated heterocycles. The average molecular weight is 332 g/mol. The number of hydrogen-bond acceptors (Lipinski definition) is 5. The van der Waals surface area contributed by atoms with E-state index < -0.39 is 0 Å². The van der Waals surface area contributed by atoms with Gasteiger partial charge in [-0.15, -0.1) is 0 Å². The summed E-state index contributed by atoms with van der Waals surface area (Å²) in [5.41, 5.74) is 2.91. The Hall–Kier alpha value is -3.48. The molecule has 7 heteroatoms. The lowest BCUT2D eigenvalue weighted by Gasteiger charge is -2.08. The highest BCUT2D eigenvalue weighted by atomic mass is 16.1. The average Bonchev–Trinajstić information content (AvgIpc) is 3.12. The van der Waals surface area contributed by atoms with Crippen molar-refractivity contribution in [2.75, 3.05) is 5.32 Å². The number of pyridine rings is 1. The van der Waals surface area contributed by atoms with E-state index in [4.69, 9.17) is 0 Å². The van der Waals surface area contributed by atoms with E-state index >= 15 is 0 Å². The number of aromatic nitrogens is 5. The summed E-state index contributed by atoms with van der Waals surface area (Å²) < 4.78 is 1.68. The topological polar surface area (TPSA) is 88.5 Å². The van der Waals surface area contributed by atoms with Gasteiger partial charge in [0.2, 0.25) is 0 Å². The van der Waals surface area contributed by atoms with Crippen LogP contribution in [-0.4, -0.2) is 24.7 Å². The number of benzene rings is 1. The van der Waals surface area contributed by atoms with Crippen LogP contribution in [0.5, 0.6) is 0 Å². The Labute approximate surface area is 143 Å². The van der Waals surface area contributed by atoms with Crippen LogP contribution in [-0.2, 0) is 13.1 Å². The first-order valence-electron chi connectivity index (χ1n) is 7.91. The zero-order valence-electron chi connectivity index (χ0n) is 13.4. The molecular formula is C18H16N6O. The van der Waals surface area contributed by atoms with Gasteiger partial charge in [0.15, 0.2) is 5.65 Å². The molecule has 0 unspecified atom stereocenters. The van der Waals surface area contributed by atoms with Gasteiger partial charge in [0.1, 0.15) is 12.1 Å². The molecular weight excluding hydrogens is 316 g/mol. The van der Waals surface area contributed by atoms with Crippen molar-refractivity contribution in [1.29, 1.82) is 0 Å². The molecule has 2 N–H and O–H groups in total. The summed E-state index contributed by atoms with van der Waals surface area (Å²) in [5, 5.41) is 11.0. The molecule has 0 aliphatic rings. The van der Waals surface area contributed by atoms with E-state index in [2.05, 4.69) is 25.5 Å². The fourth-order valence-electron chi connectivity index (χ4n) is 2.64. The van der Waals surface area contributed by atoms with Crippen LogP contribution in [0.3, 0.4) is 0 Å². The maximum absolute atomic E-state index is 11.8. The molecule has 0 spiro atoms. The molecule has 0 amide bonds. The van der Waals surface area contributed by atoms with Crippen molar-refractivity contribution >= 4 is 16.9 Å². The number of nitrogens with one attached hydrogen (secondary N) is 2. The van der Waals surface area contributed by atoms with Crippen LogP contribution in [0.1, 0.15) is 11.1 Å². The minimum atomic E-state index is 0.00105. The van der Waals surface area contributed by atoms with Crippen LogP contribution in [0.15, 0.2) is 66.0 Å². The van der Waals surface area contributed by atoms with Crippen molar-refractivity contribution in [3.63, 3.8) is 0 Å². The normalized spacial score (nSPS) is 10.9. The zero-order valence-corrected chi connectivity index (χ0v) is 13.4. The molecule has 0 saturated carbocycles. The van der Waals surface area contributed by atoms with E-state index in [0.29, 0.717) is 18.7 Å². The zero-order chi connectivity index (χ0) is 17.1. The number of H-pyrrole nitrogens is 1. The number of rotatable bonds is 5. The highest BCUT2D eigenvalue weighted by molar-refractivity contribution is 5.85. The number of aromatic amines is 1. The lowest BCUT2D eigenvalue weighted by molar-refractivity contribution is 0.759. The molecule has 4 aromatic rings. The van der Waals surface area contributed by atoms with Gasteiger partial charge in [-0.05, 0) is 17.2 Å². The van der Waals surface area contributed by atoms with Crippen LogP contribution in [0.4, 0.5) is 5.82 Å². The van der Waals surface area contributed by atoms with Gasteiger partial charge in [-0.25, -0.2) is 9.97 Å². The van der Waals surface area contributed by atoms with Gasteiger partial charge in [-0.2, -0.15) is 5.10 Å². The van der Waals surface area contributed by atoms with Crippen LogP contribution in [0.2, 0.25) is 0 Å². The second kappa shape index (κ2) is 6.56. The van der Waals surface area contributed by atoms with E-state index in [-0.39, 0.29) is 5.56 Å². The second-order valence-electron chi connectivity index (χ2n) is 5.69. The highest BCUT2D eigenvalue weighted by Gasteiger charge is 2.05. The third kappa shape index (κ3) is 3.25. The van der Waals surface area contributed by atoms with E-state index in [1.807, 2.05) is 30.3 Å². The van der Waals surface area contributed by atoms with Crippen molar-refractivity contribution < 1.29 is 0 Å². The molecule has 3 heterocycles. The summed E-state index contributed by atoms with van der Waals surface area (Å²) in [7, 11) is 0. The molecule has 4 rings (SSSR count). The van der Waals surface area contributed by atoms with Gasteiger partial charge < -0.3 is 9.88 Å². The number of fused-ring (bicyclic) bond motifs is 1. The molecule has 0 radical (unpaired) electrons. The van der Waals surface area contributed by atoms with Crippen molar-refractivity contribution in [1.82, 2.24) is 24.7 Å². The molecule has 0 aliphatic carbocycles. The molecule has 0 aliphatic heterocycles. The number of hydrogen-bond donors (Lipinski definition) is 2. The summed E-state index contributed by atoms with van der Waals surface area (Å²) in [5.74, 6) is 0.749. The Bertz CT molecular complexity index is 1050. The summed E-state index contributed by atoms with van der Waals surface area (Å²) in [6.07, 6.45) is 5.00. The maximum atomic E-state index is 11.8. The molecule has 0 atom stereocenters. The summed E-state index contributed by atoms with van der Waals surface area (Å²) in [4.78, 5) is 20.1. The Morgan fingerprint density at radius 3 is 2.72 bits per heavy atom. The van der Waals surface area contributed by atoms with E-state index in [1.54, 1.807) is 29.1 Å². The predicted octanol–water partition coefficient (Wildman–Crippen LogP) is 2.17. The number of anilines is 1. The van der Waals surface area contributed by atoms with Crippen molar-refractivity contribution in [3.05, 3.63) is 82.7 Å². The van der Waals surface area contributed by atoms with Crippen molar-refractivity contribution in [3.8, 4) is 0 Å². The Morgan fingerprint density at radius 2 is 1.88 bits per heavy atom. The Morgan fingerprint density at radius 1 is 1.04 bits per heavy atom. The van der Waals surface area contributed by atoms with Gasteiger partial charge >= 0.3 is 0 Å². The Balaban J connectivity index is 1.45. The monoisotopic (exact) mass is 332 g/mol. The predicted molar refractivity (Wildman–Crippen MR) is 95.3 cm³/mol. The largest absolute Gasteiger partial charge is 0.365 e. The van der Waals surface area contributed by atoms with Crippen molar-refractivity contribution in [2.24, 2.45) is 0 Å². The second-order valence-corrected chi connectivity index (χ2v) is 5.69. The van der Waals surface area contributed by atoms with Crippen LogP contribution in [0, 0.1) is 0 Å². The van der Waals surface area contributed by atoms with Crippen LogP contribution < -0.4 is 10.9 Å². The first kappa shape index (κ1) is 15.1. The van der Waals surface area contributed by atoms with E-state index in [1.165, 1.54) is 6.33 Å². The third-order valence-electron chi connectivity index (χ3n) is 3.98. The summed E-state index contributed by atoms with van der Waals surface area (Å²) in [6, 6.07) is 13.3. The molecule has 0 fully saturated rings. The smallest absolute Gasteiger partial charge is 0.250 e. The standard InChI is InChI=1S/C18H16N6O/c25-16-3-1-2-8-24(16)11-14-6-4-13(5-7-14)9-19-17-15-10-22-23-18(15)21-12-20-17/h1-8,10,12H,9,11H2,(H2,19,20,21,22,23). The number of nitrogens with zero attached hydrogens (tertiary/aromatic N) is 4. The van der Waals surface area contributed by atoms with Gasteiger partial charge in [-0.1, -0.05) is 30.3 Å². The molecule has 1 aromatic carbocycles. The lowest BCUT2D eigenvalue weighted by atomic mass is 10.1.